The van der Waals surface area contributed by atoms with E-state index in [-0.39, 0.29) is 11.3 Å². The molecule has 7 heteroatoms. The SMILES string of the molecule is Cc1nc(N2C(=O)C(=O)/C(=C(/O)c3ccc(Cl)cc3)C2c2ccccc2)sc1C. The second-order valence-electron chi connectivity index (χ2n) is 6.72. The van der Waals surface area contributed by atoms with Crippen molar-refractivity contribution in [1.29, 1.82) is 0 Å². The second-order valence-corrected chi connectivity index (χ2v) is 8.34. The van der Waals surface area contributed by atoms with Gasteiger partial charge in [-0.3, -0.25) is 14.5 Å². The molecular formula is C22H17ClN2O3S. The van der Waals surface area contributed by atoms with Crippen LogP contribution in [0.3, 0.4) is 0 Å². The van der Waals surface area contributed by atoms with Crippen LogP contribution in [-0.2, 0) is 9.59 Å². The van der Waals surface area contributed by atoms with Crippen molar-refractivity contribution in [3.63, 3.8) is 0 Å². The molecule has 2 aromatic carbocycles. The molecule has 2 heterocycles. The summed E-state index contributed by atoms with van der Waals surface area (Å²) < 4.78 is 0. The molecule has 0 saturated carbocycles. The van der Waals surface area contributed by atoms with Gasteiger partial charge in [0.2, 0.25) is 0 Å². The topological polar surface area (TPSA) is 70.5 Å². The molecule has 0 spiro atoms. The number of amides is 1. The summed E-state index contributed by atoms with van der Waals surface area (Å²) in [5, 5.41) is 11.9. The van der Waals surface area contributed by atoms with E-state index in [0.717, 1.165) is 10.6 Å². The minimum Gasteiger partial charge on any atom is -0.507 e. The number of aliphatic hydroxyl groups is 1. The summed E-state index contributed by atoms with van der Waals surface area (Å²) in [7, 11) is 0. The number of aliphatic hydroxyl groups excluding tert-OH is 1. The Morgan fingerprint density at radius 2 is 1.72 bits per heavy atom. The third-order valence-corrected chi connectivity index (χ3v) is 6.22. The highest BCUT2D eigenvalue weighted by atomic mass is 35.5. The molecule has 29 heavy (non-hydrogen) atoms. The number of Topliss-reactive ketones (excluding diaryl/α,β-unsaturated/α-hetero) is 1. The first kappa shape index (κ1) is 19.4. The number of hydrogen-bond donors (Lipinski definition) is 1. The van der Waals surface area contributed by atoms with Gasteiger partial charge >= 0.3 is 5.91 Å². The zero-order valence-corrected chi connectivity index (χ0v) is 17.3. The first-order valence-corrected chi connectivity index (χ1v) is 10.1. The predicted molar refractivity (Wildman–Crippen MR) is 114 cm³/mol. The van der Waals surface area contributed by atoms with Gasteiger partial charge in [0.05, 0.1) is 17.3 Å². The van der Waals surface area contributed by atoms with Gasteiger partial charge in [0, 0.05) is 15.5 Å². The van der Waals surface area contributed by atoms with Crippen molar-refractivity contribution in [3.05, 3.63) is 86.9 Å². The molecule has 1 saturated heterocycles. The number of hydrogen-bond acceptors (Lipinski definition) is 5. The number of carbonyl (C=O) groups excluding carboxylic acids is 2. The monoisotopic (exact) mass is 424 g/mol. The molecule has 3 aromatic rings. The summed E-state index contributed by atoms with van der Waals surface area (Å²) in [6.45, 7) is 3.77. The minimum absolute atomic E-state index is 0.0361. The summed E-state index contributed by atoms with van der Waals surface area (Å²) >= 11 is 7.29. The summed E-state index contributed by atoms with van der Waals surface area (Å²) in [5.74, 6) is -1.68. The second kappa shape index (κ2) is 7.46. The van der Waals surface area contributed by atoms with E-state index in [2.05, 4.69) is 4.98 Å². The number of rotatable bonds is 3. The highest BCUT2D eigenvalue weighted by Crippen LogP contribution is 2.43. The van der Waals surface area contributed by atoms with Crippen molar-refractivity contribution in [1.82, 2.24) is 4.98 Å². The third-order valence-electron chi connectivity index (χ3n) is 4.90. The molecule has 1 fully saturated rings. The molecule has 0 bridgehead atoms. The van der Waals surface area contributed by atoms with Crippen LogP contribution in [0.2, 0.25) is 5.02 Å². The van der Waals surface area contributed by atoms with Crippen molar-refractivity contribution in [2.24, 2.45) is 0 Å². The number of carbonyl (C=O) groups is 2. The van der Waals surface area contributed by atoms with E-state index in [1.165, 1.54) is 16.2 Å². The van der Waals surface area contributed by atoms with E-state index in [0.29, 0.717) is 21.3 Å². The number of nitrogens with zero attached hydrogens (tertiary/aromatic N) is 2. The molecule has 0 radical (unpaired) electrons. The van der Waals surface area contributed by atoms with Crippen molar-refractivity contribution in [2.45, 2.75) is 19.9 Å². The summed E-state index contributed by atoms with van der Waals surface area (Å²) in [5.41, 5.74) is 1.97. The maximum absolute atomic E-state index is 13.0. The number of anilines is 1. The minimum atomic E-state index is -0.767. The first-order valence-electron chi connectivity index (χ1n) is 8.94. The number of aryl methyl sites for hydroxylation is 2. The number of halogens is 1. The summed E-state index contributed by atoms with van der Waals surface area (Å²) in [6.07, 6.45) is 0. The van der Waals surface area contributed by atoms with Gasteiger partial charge in [0.25, 0.3) is 5.78 Å². The van der Waals surface area contributed by atoms with Gasteiger partial charge < -0.3 is 5.11 Å². The maximum atomic E-state index is 13.0. The predicted octanol–water partition coefficient (Wildman–Crippen LogP) is 5.04. The Hall–Kier alpha value is -2.96. The Balaban J connectivity index is 1.94. The van der Waals surface area contributed by atoms with Gasteiger partial charge in [0.1, 0.15) is 5.76 Å². The van der Waals surface area contributed by atoms with E-state index >= 15 is 0 Å². The summed E-state index contributed by atoms with van der Waals surface area (Å²) in [6, 6.07) is 14.9. The molecule has 5 nitrogen and oxygen atoms in total. The van der Waals surface area contributed by atoms with Gasteiger partial charge in [-0.1, -0.05) is 41.9 Å². The number of benzene rings is 2. The number of ketones is 1. The molecule has 1 N–H and O–H groups in total. The number of aromatic nitrogens is 1. The van der Waals surface area contributed by atoms with Crippen LogP contribution in [0.15, 0.2) is 60.2 Å². The lowest BCUT2D eigenvalue weighted by Crippen LogP contribution is -2.29. The normalized spacial score (nSPS) is 18.4. The van der Waals surface area contributed by atoms with Crippen LogP contribution in [0, 0.1) is 13.8 Å². The van der Waals surface area contributed by atoms with Gasteiger partial charge in [-0.25, -0.2) is 4.98 Å². The lowest BCUT2D eigenvalue weighted by molar-refractivity contribution is -0.132. The average Bonchev–Trinajstić information content (AvgIpc) is 3.18. The van der Waals surface area contributed by atoms with Gasteiger partial charge in [-0.05, 0) is 43.7 Å². The van der Waals surface area contributed by atoms with E-state index in [1.807, 2.05) is 44.2 Å². The largest absolute Gasteiger partial charge is 0.507 e. The Bertz CT molecular complexity index is 1120. The Kier molecular flexibility index (Phi) is 4.98. The smallest absolute Gasteiger partial charge is 0.301 e. The lowest BCUT2D eigenvalue weighted by atomic mass is 9.95. The average molecular weight is 425 g/mol. The van der Waals surface area contributed by atoms with Crippen LogP contribution in [0.25, 0.3) is 5.76 Å². The molecule has 1 aromatic heterocycles. The Morgan fingerprint density at radius 1 is 1.07 bits per heavy atom. The number of thiazole rings is 1. The molecule has 146 valence electrons. The van der Waals surface area contributed by atoms with Gasteiger partial charge in [-0.2, -0.15) is 0 Å². The molecule has 1 aliphatic heterocycles. The fraction of sp³-hybridized carbons (Fsp3) is 0.136. The summed E-state index contributed by atoms with van der Waals surface area (Å²) in [4.78, 5) is 32.8. The van der Waals surface area contributed by atoms with Crippen LogP contribution < -0.4 is 4.90 Å². The first-order chi connectivity index (χ1) is 13.9. The van der Waals surface area contributed by atoms with Crippen molar-refractivity contribution in [3.8, 4) is 0 Å². The van der Waals surface area contributed by atoms with Crippen LogP contribution in [0.5, 0.6) is 0 Å². The van der Waals surface area contributed by atoms with Crippen LogP contribution >= 0.6 is 22.9 Å². The van der Waals surface area contributed by atoms with Crippen molar-refractivity contribution in [2.75, 3.05) is 4.90 Å². The molecule has 1 unspecified atom stereocenters. The molecule has 0 aliphatic carbocycles. The molecule has 1 amide bonds. The van der Waals surface area contributed by atoms with Gasteiger partial charge in [-0.15, -0.1) is 11.3 Å². The van der Waals surface area contributed by atoms with E-state index in [9.17, 15) is 14.7 Å². The quantitative estimate of drug-likeness (QED) is 0.363. The zero-order chi connectivity index (χ0) is 20.7. The van der Waals surface area contributed by atoms with E-state index in [4.69, 9.17) is 11.6 Å². The van der Waals surface area contributed by atoms with Crippen LogP contribution in [0.4, 0.5) is 5.13 Å². The van der Waals surface area contributed by atoms with E-state index < -0.39 is 17.7 Å². The molecule has 1 aliphatic rings. The van der Waals surface area contributed by atoms with Crippen LogP contribution in [0.1, 0.15) is 27.7 Å². The standard InChI is InChI=1S/C22H17ClN2O3S/c1-12-13(2)29-22(24-12)25-18(14-6-4-3-5-7-14)17(20(27)21(25)28)19(26)15-8-10-16(23)11-9-15/h3-11,18,26H,1-2H3/b19-17+. The molecular weight excluding hydrogens is 408 g/mol. The highest BCUT2D eigenvalue weighted by molar-refractivity contribution is 7.16. The van der Waals surface area contributed by atoms with Crippen molar-refractivity contribution < 1.29 is 14.7 Å². The fourth-order valence-electron chi connectivity index (χ4n) is 3.30. The maximum Gasteiger partial charge on any atom is 0.301 e. The Labute approximate surface area is 176 Å². The van der Waals surface area contributed by atoms with Crippen LogP contribution in [-0.4, -0.2) is 21.8 Å². The fourth-order valence-corrected chi connectivity index (χ4v) is 4.37. The van der Waals surface area contributed by atoms with Crippen molar-refractivity contribution >= 4 is 45.5 Å². The van der Waals surface area contributed by atoms with Gasteiger partial charge in [0.15, 0.2) is 5.13 Å². The Morgan fingerprint density at radius 3 is 2.31 bits per heavy atom. The lowest BCUT2D eigenvalue weighted by Gasteiger charge is -2.23. The molecule has 4 rings (SSSR count). The molecule has 1 atom stereocenters. The third kappa shape index (κ3) is 3.34. The zero-order valence-electron chi connectivity index (χ0n) is 15.7. The highest BCUT2D eigenvalue weighted by Gasteiger charge is 2.48. The van der Waals surface area contributed by atoms with E-state index in [1.54, 1.807) is 24.3 Å².